The molecule has 1 unspecified atom stereocenters. The summed E-state index contributed by atoms with van der Waals surface area (Å²) >= 11 is 1.51. The van der Waals surface area contributed by atoms with E-state index in [1.54, 1.807) is 6.07 Å². The molecule has 1 amide bonds. The first-order valence-electron chi connectivity index (χ1n) is 8.60. The molecule has 0 radical (unpaired) electrons. The monoisotopic (exact) mass is 358 g/mol. The van der Waals surface area contributed by atoms with Crippen LogP contribution in [0.25, 0.3) is 0 Å². The third-order valence-corrected chi connectivity index (χ3v) is 5.89. The normalized spacial score (nSPS) is 14.9. The first-order valence-corrected chi connectivity index (χ1v) is 9.47. The average molecular weight is 358 g/mol. The largest absolute Gasteiger partial charge is 0.323 e. The van der Waals surface area contributed by atoms with Gasteiger partial charge in [0.05, 0.1) is 10.9 Å². The van der Waals surface area contributed by atoms with E-state index in [2.05, 4.69) is 10.6 Å². The number of nitrogens with one attached hydrogen (secondary N) is 2. The highest BCUT2D eigenvalue weighted by molar-refractivity contribution is 8.00. The number of benzene rings is 2. The number of anilines is 1. The Morgan fingerprint density at radius 3 is 2.68 bits per heavy atom. The number of hydrogen-bond acceptors (Lipinski definition) is 3. The zero-order chi connectivity index (χ0) is 17.8. The summed E-state index contributed by atoms with van der Waals surface area (Å²) in [5, 5.41) is 5.76. The predicted molar refractivity (Wildman–Crippen MR) is 101 cm³/mol. The van der Waals surface area contributed by atoms with Crippen molar-refractivity contribution in [2.45, 2.75) is 37.0 Å². The quantitative estimate of drug-likeness (QED) is 0.786. The summed E-state index contributed by atoms with van der Waals surface area (Å²) in [4.78, 5) is 13.8. The number of fused-ring (bicyclic) bond motifs is 1. The maximum absolute atomic E-state index is 14.8. The summed E-state index contributed by atoms with van der Waals surface area (Å²) < 4.78 is 14.8. The van der Waals surface area contributed by atoms with Gasteiger partial charge in [0.2, 0.25) is 5.91 Å². The SMILES string of the molecule is CC(C)C(Sc1ccccc1)C(=O)Nc1ccc2c(c1F)CCNC2. The highest BCUT2D eigenvalue weighted by Crippen LogP contribution is 2.30. The lowest BCUT2D eigenvalue weighted by molar-refractivity contribution is -0.116. The Bertz CT molecular complexity index is 749. The van der Waals surface area contributed by atoms with Gasteiger partial charge in [0, 0.05) is 11.4 Å². The second kappa shape index (κ2) is 8.02. The molecule has 5 heteroatoms. The van der Waals surface area contributed by atoms with Crippen molar-refractivity contribution in [3.05, 3.63) is 59.4 Å². The minimum Gasteiger partial charge on any atom is -0.323 e. The van der Waals surface area contributed by atoms with E-state index in [9.17, 15) is 9.18 Å². The van der Waals surface area contributed by atoms with Crippen molar-refractivity contribution in [3.8, 4) is 0 Å². The Morgan fingerprint density at radius 2 is 1.96 bits per heavy atom. The Labute approximate surface area is 152 Å². The number of carbonyl (C=O) groups is 1. The van der Waals surface area contributed by atoms with Gasteiger partial charge in [0.15, 0.2) is 0 Å². The molecule has 25 heavy (non-hydrogen) atoms. The number of thioether (sulfide) groups is 1. The second-order valence-corrected chi connectivity index (χ2v) is 7.79. The van der Waals surface area contributed by atoms with Crippen molar-refractivity contribution in [2.24, 2.45) is 5.92 Å². The van der Waals surface area contributed by atoms with Crippen LogP contribution in [-0.2, 0) is 17.8 Å². The van der Waals surface area contributed by atoms with Gasteiger partial charge in [0.25, 0.3) is 0 Å². The molecule has 1 atom stereocenters. The van der Waals surface area contributed by atoms with Crippen LogP contribution < -0.4 is 10.6 Å². The Hall–Kier alpha value is -1.85. The average Bonchev–Trinajstić information content (AvgIpc) is 2.63. The summed E-state index contributed by atoms with van der Waals surface area (Å²) in [6.07, 6.45) is 0.650. The van der Waals surface area contributed by atoms with Gasteiger partial charge >= 0.3 is 0 Å². The van der Waals surface area contributed by atoms with Gasteiger partial charge in [-0.3, -0.25) is 4.79 Å². The molecule has 0 aliphatic carbocycles. The topological polar surface area (TPSA) is 41.1 Å². The molecule has 0 bridgehead atoms. The van der Waals surface area contributed by atoms with E-state index >= 15 is 0 Å². The van der Waals surface area contributed by atoms with E-state index in [1.165, 1.54) is 11.8 Å². The lowest BCUT2D eigenvalue weighted by Crippen LogP contribution is -2.30. The molecule has 132 valence electrons. The van der Waals surface area contributed by atoms with Crippen LogP contribution in [0.2, 0.25) is 0 Å². The summed E-state index contributed by atoms with van der Waals surface area (Å²) in [7, 11) is 0. The zero-order valence-electron chi connectivity index (χ0n) is 14.5. The van der Waals surface area contributed by atoms with Crippen molar-refractivity contribution < 1.29 is 9.18 Å². The van der Waals surface area contributed by atoms with Gasteiger partial charge in [-0.25, -0.2) is 4.39 Å². The van der Waals surface area contributed by atoms with Crippen LogP contribution in [0.1, 0.15) is 25.0 Å². The molecular formula is C20H23FN2OS. The maximum atomic E-state index is 14.8. The fourth-order valence-corrected chi connectivity index (χ4v) is 4.02. The maximum Gasteiger partial charge on any atom is 0.238 e. The second-order valence-electron chi connectivity index (χ2n) is 6.58. The lowest BCUT2D eigenvalue weighted by atomic mass is 9.99. The highest BCUT2D eigenvalue weighted by Gasteiger charge is 2.25. The smallest absolute Gasteiger partial charge is 0.238 e. The number of hydrogen-bond donors (Lipinski definition) is 2. The van der Waals surface area contributed by atoms with Gasteiger partial charge in [-0.2, -0.15) is 0 Å². The summed E-state index contributed by atoms with van der Waals surface area (Å²) in [5.41, 5.74) is 1.97. The number of carbonyl (C=O) groups excluding carboxylic acids is 1. The summed E-state index contributed by atoms with van der Waals surface area (Å²) in [6.45, 7) is 5.46. The van der Waals surface area contributed by atoms with Crippen LogP contribution in [0.4, 0.5) is 10.1 Å². The van der Waals surface area contributed by atoms with Crippen molar-refractivity contribution in [2.75, 3.05) is 11.9 Å². The van der Waals surface area contributed by atoms with Crippen LogP contribution in [0.3, 0.4) is 0 Å². The molecule has 1 heterocycles. The van der Waals surface area contributed by atoms with Crippen molar-refractivity contribution in [3.63, 3.8) is 0 Å². The minimum atomic E-state index is -0.292. The molecule has 0 spiro atoms. The molecule has 3 rings (SSSR count). The van der Waals surface area contributed by atoms with Gasteiger partial charge in [0.1, 0.15) is 5.82 Å². The number of halogens is 1. The van der Waals surface area contributed by atoms with Gasteiger partial charge in [-0.05, 0) is 48.2 Å². The fraction of sp³-hybridized carbons (Fsp3) is 0.350. The zero-order valence-corrected chi connectivity index (χ0v) is 15.3. The van der Waals surface area contributed by atoms with Crippen LogP contribution in [0.15, 0.2) is 47.4 Å². The standard InChI is InChI=1S/C20H23FN2OS/c1-13(2)19(25-15-6-4-3-5-7-15)20(24)23-17-9-8-14-12-22-11-10-16(14)18(17)21/h3-9,13,19,22H,10-12H2,1-2H3,(H,23,24). The van der Waals surface area contributed by atoms with Crippen LogP contribution in [0, 0.1) is 11.7 Å². The number of amides is 1. The Kier molecular flexibility index (Phi) is 5.76. The van der Waals surface area contributed by atoms with Crippen LogP contribution in [0.5, 0.6) is 0 Å². The fourth-order valence-electron chi connectivity index (χ4n) is 2.97. The molecule has 0 saturated carbocycles. The van der Waals surface area contributed by atoms with Crippen molar-refractivity contribution in [1.29, 1.82) is 0 Å². The number of rotatable bonds is 5. The molecule has 1 aliphatic rings. The molecule has 0 fully saturated rings. The van der Waals surface area contributed by atoms with Gasteiger partial charge in [-0.1, -0.05) is 38.1 Å². The first-order chi connectivity index (χ1) is 12.1. The summed E-state index contributed by atoms with van der Waals surface area (Å²) in [5.74, 6) is -0.314. The molecule has 2 N–H and O–H groups in total. The Balaban J connectivity index is 1.77. The first kappa shape index (κ1) is 18.0. The third-order valence-electron chi connectivity index (χ3n) is 4.34. The molecule has 0 saturated heterocycles. The molecule has 1 aliphatic heterocycles. The lowest BCUT2D eigenvalue weighted by Gasteiger charge is -2.22. The van der Waals surface area contributed by atoms with Gasteiger partial charge < -0.3 is 10.6 Å². The molecule has 2 aromatic carbocycles. The molecular weight excluding hydrogens is 335 g/mol. The van der Waals surface area contributed by atoms with Crippen molar-refractivity contribution >= 4 is 23.4 Å². The predicted octanol–water partition coefficient (Wildman–Crippen LogP) is 4.23. The van der Waals surface area contributed by atoms with Crippen molar-refractivity contribution in [1.82, 2.24) is 5.32 Å². The van der Waals surface area contributed by atoms with E-state index in [0.29, 0.717) is 18.5 Å². The minimum absolute atomic E-state index is 0.134. The van der Waals surface area contributed by atoms with Gasteiger partial charge in [-0.15, -0.1) is 11.8 Å². The summed E-state index contributed by atoms with van der Waals surface area (Å²) in [6, 6.07) is 13.4. The molecule has 2 aromatic rings. The van der Waals surface area contributed by atoms with E-state index in [-0.39, 0.29) is 28.6 Å². The van der Waals surface area contributed by atoms with E-state index in [0.717, 1.165) is 17.0 Å². The van der Waals surface area contributed by atoms with E-state index in [4.69, 9.17) is 0 Å². The molecule has 0 aromatic heterocycles. The third kappa shape index (κ3) is 4.22. The highest BCUT2D eigenvalue weighted by atomic mass is 32.2. The Morgan fingerprint density at radius 1 is 1.20 bits per heavy atom. The van der Waals surface area contributed by atoms with Crippen LogP contribution in [-0.4, -0.2) is 17.7 Å². The van der Waals surface area contributed by atoms with Crippen LogP contribution >= 0.6 is 11.8 Å². The molecule has 3 nitrogen and oxygen atoms in total. The van der Waals surface area contributed by atoms with E-state index in [1.807, 2.05) is 50.2 Å². The van der Waals surface area contributed by atoms with E-state index < -0.39 is 0 Å².